The summed E-state index contributed by atoms with van der Waals surface area (Å²) in [5.41, 5.74) is -0.791. The smallest absolute Gasteiger partial charge is 0.311 e. The number of aliphatic hydroxyl groups is 2. The van der Waals surface area contributed by atoms with Crippen LogP contribution in [0.1, 0.15) is 27.7 Å². The molecule has 0 aromatic carbocycles. The molecule has 0 spiro atoms. The Bertz CT molecular complexity index is 406. The van der Waals surface area contributed by atoms with Crippen LogP contribution in [0, 0.1) is 5.41 Å². The molecule has 0 radical (unpaired) electrons. The van der Waals surface area contributed by atoms with Gasteiger partial charge in [-0.2, -0.15) is 0 Å². The summed E-state index contributed by atoms with van der Waals surface area (Å²) in [5, 5.41) is 22.8. The number of amides is 1. The van der Waals surface area contributed by atoms with Crippen LogP contribution in [-0.4, -0.2) is 66.4 Å². The minimum absolute atomic E-state index is 0.00852. The Labute approximate surface area is 129 Å². The van der Waals surface area contributed by atoms with Gasteiger partial charge in [0.2, 0.25) is 5.91 Å². The molecule has 22 heavy (non-hydrogen) atoms. The molecule has 0 aromatic rings. The number of hydrogen-bond donors (Lipinski definition) is 3. The molecule has 1 fully saturated rings. The normalized spacial score (nSPS) is 32.4. The van der Waals surface area contributed by atoms with Crippen LogP contribution < -0.4 is 5.32 Å². The summed E-state index contributed by atoms with van der Waals surface area (Å²) in [6.07, 6.45) is -4.68. The van der Waals surface area contributed by atoms with E-state index >= 15 is 0 Å². The number of carbonyl (C=O) groups is 2. The van der Waals surface area contributed by atoms with Gasteiger partial charge in [-0.15, -0.1) is 0 Å². The van der Waals surface area contributed by atoms with Gasteiger partial charge in [0.1, 0.15) is 18.2 Å². The molecule has 3 N–H and O–H groups in total. The summed E-state index contributed by atoms with van der Waals surface area (Å²) < 4.78 is 15.5. The quantitative estimate of drug-likeness (QED) is 0.580. The molecule has 128 valence electrons. The second kappa shape index (κ2) is 7.36. The van der Waals surface area contributed by atoms with E-state index in [9.17, 15) is 19.8 Å². The molecule has 1 rings (SSSR count). The predicted molar refractivity (Wildman–Crippen MR) is 75.7 cm³/mol. The van der Waals surface area contributed by atoms with Gasteiger partial charge in [-0.05, 0) is 20.8 Å². The monoisotopic (exact) mass is 319 g/mol. The van der Waals surface area contributed by atoms with E-state index in [4.69, 9.17) is 14.2 Å². The van der Waals surface area contributed by atoms with Crippen molar-refractivity contribution in [3.05, 3.63) is 0 Å². The molecular weight excluding hydrogens is 294 g/mol. The number of rotatable bonds is 4. The summed E-state index contributed by atoms with van der Waals surface area (Å²) in [7, 11) is 1.42. The van der Waals surface area contributed by atoms with Gasteiger partial charge in [0.25, 0.3) is 0 Å². The molecule has 0 bridgehead atoms. The Balaban J connectivity index is 2.98. The second-order valence-electron chi connectivity index (χ2n) is 6.36. The number of methoxy groups -OCH3 is 1. The lowest BCUT2D eigenvalue weighted by Crippen LogP contribution is -2.65. The van der Waals surface area contributed by atoms with Crippen molar-refractivity contribution in [1.29, 1.82) is 0 Å². The highest BCUT2D eigenvalue weighted by Gasteiger charge is 2.48. The van der Waals surface area contributed by atoms with Gasteiger partial charge in [-0.1, -0.05) is 0 Å². The number of esters is 1. The van der Waals surface area contributed by atoms with Crippen molar-refractivity contribution in [2.75, 3.05) is 13.7 Å². The minimum atomic E-state index is -1.43. The Morgan fingerprint density at radius 3 is 2.32 bits per heavy atom. The van der Waals surface area contributed by atoms with Crippen LogP contribution in [0.5, 0.6) is 0 Å². The van der Waals surface area contributed by atoms with Gasteiger partial charge in [-0.25, -0.2) is 0 Å². The van der Waals surface area contributed by atoms with Crippen molar-refractivity contribution in [2.45, 2.75) is 58.3 Å². The van der Waals surface area contributed by atoms with Gasteiger partial charge in [0, 0.05) is 14.0 Å². The number of aliphatic hydroxyl groups excluding tert-OH is 2. The molecule has 5 atom stereocenters. The molecule has 1 amide bonds. The number of nitrogens with one attached hydrogen (secondary N) is 1. The van der Waals surface area contributed by atoms with Crippen molar-refractivity contribution in [1.82, 2.24) is 5.32 Å². The van der Waals surface area contributed by atoms with Crippen molar-refractivity contribution in [2.24, 2.45) is 5.41 Å². The summed E-state index contributed by atoms with van der Waals surface area (Å²) in [6, 6.07) is -1.06. The third-order valence-electron chi connectivity index (χ3n) is 3.25. The molecule has 0 unspecified atom stereocenters. The van der Waals surface area contributed by atoms with Crippen molar-refractivity contribution < 1.29 is 34.0 Å². The fourth-order valence-corrected chi connectivity index (χ4v) is 2.06. The van der Waals surface area contributed by atoms with Crippen LogP contribution in [0.25, 0.3) is 0 Å². The van der Waals surface area contributed by atoms with Gasteiger partial charge < -0.3 is 29.7 Å². The first-order chi connectivity index (χ1) is 10.1. The van der Waals surface area contributed by atoms with Crippen LogP contribution in [0.2, 0.25) is 0 Å². The average molecular weight is 319 g/mol. The van der Waals surface area contributed by atoms with Gasteiger partial charge in [-0.3, -0.25) is 9.59 Å². The van der Waals surface area contributed by atoms with Crippen LogP contribution >= 0.6 is 0 Å². The zero-order valence-corrected chi connectivity index (χ0v) is 13.5. The average Bonchev–Trinajstić information content (AvgIpc) is 2.38. The SMILES string of the molecule is COC[C@H]1O[C@@H](O)[C@H](NC(C)=O)[C@@H](OC(=O)C(C)(C)C)[C@@H]1O. The van der Waals surface area contributed by atoms with E-state index in [2.05, 4.69) is 5.32 Å². The zero-order valence-electron chi connectivity index (χ0n) is 13.5. The first-order valence-electron chi connectivity index (χ1n) is 7.06. The zero-order chi connectivity index (χ0) is 17.1. The summed E-state index contributed by atoms with van der Waals surface area (Å²) in [4.78, 5) is 23.4. The van der Waals surface area contributed by atoms with Gasteiger partial charge >= 0.3 is 5.97 Å². The molecule has 1 saturated heterocycles. The van der Waals surface area contributed by atoms with E-state index in [-0.39, 0.29) is 6.61 Å². The van der Waals surface area contributed by atoms with Gasteiger partial charge in [0.05, 0.1) is 12.0 Å². The van der Waals surface area contributed by atoms with E-state index in [0.29, 0.717) is 0 Å². The molecule has 8 heteroatoms. The molecule has 1 aliphatic heterocycles. The fraction of sp³-hybridized carbons (Fsp3) is 0.857. The van der Waals surface area contributed by atoms with Crippen molar-refractivity contribution in [3.8, 4) is 0 Å². The van der Waals surface area contributed by atoms with Crippen LogP contribution in [0.4, 0.5) is 0 Å². The summed E-state index contributed by atoms with van der Waals surface area (Å²) in [5.74, 6) is -1.00. The minimum Gasteiger partial charge on any atom is -0.457 e. The number of hydrogen-bond acceptors (Lipinski definition) is 7. The number of carbonyl (C=O) groups excluding carboxylic acids is 2. The Hall–Kier alpha value is -1.22. The maximum Gasteiger partial charge on any atom is 0.311 e. The first kappa shape index (κ1) is 18.8. The number of ether oxygens (including phenoxy) is 3. The van der Waals surface area contributed by atoms with Crippen LogP contribution in [0.15, 0.2) is 0 Å². The largest absolute Gasteiger partial charge is 0.457 e. The fourth-order valence-electron chi connectivity index (χ4n) is 2.06. The summed E-state index contributed by atoms with van der Waals surface area (Å²) in [6.45, 7) is 6.25. The first-order valence-corrected chi connectivity index (χ1v) is 7.06. The van der Waals surface area contributed by atoms with E-state index in [0.717, 1.165) is 0 Å². The third-order valence-corrected chi connectivity index (χ3v) is 3.25. The van der Waals surface area contributed by atoms with Gasteiger partial charge in [0.15, 0.2) is 12.4 Å². The second-order valence-corrected chi connectivity index (χ2v) is 6.36. The molecule has 0 saturated carbocycles. The van der Waals surface area contributed by atoms with Crippen molar-refractivity contribution >= 4 is 11.9 Å². The molecular formula is C14H25NO7. The Morgan fingerprint density at radius 2 is 1.86 bits per heavy atom. The topological polar surface area (TPSA) is 114 Å². The van der Waals surface area contributed by atoms with Crippen LogP contribution in [-0.2, 0) is 23.8 Å². The molecule has 0 aromatic heterocycles. The van der Waals surface area contributed by atoms with E-state index in [1.807, 2.05) is 0 Å². The summed E-state index contributed by atoms with van der Waals surface area (Å²) >= 11 is 0. The Kier molecular flexibility index (Phi) is 6.30. The van der Waals surface area contributed by atoms with E-state index in [1.54, 1.807) is 20.8 Å². The molecule has 0 aliphatic carbocycles. The highest BCUT2D eigenvalue weighted by atomic mass is 16.6. The maximum absolute atomic E-state index is 12.1. The highest BCUT2D eigenvalue weighted by molar-refractivity contribution is 5.76. The standard InChI is InChI=1S/C14H25NO7/c1-7(16)15-9-11(22-13(19)14(2,3)4)10(17)8(6-20-5)21-12(9)18/h8-12,17-18H,6H2,1-5H3,(H,15,16)/t8-,9-,10-,11-,12-/m1/s1. The molecule has 1 aliphatic rings. The highest BCUT2D eigenvalue weighted by Crippen LogP contribution is 2.26. The molecule has 1 heterocycles. The maximum atomic E-state index is 12.1. The van der Waals surface area contributed by atoms with Crippen molar-refractivity contribution in [3.63, 3.8) is 0 Å². The van der Waals surface area contributed by atoms with Crippen LogP contribution in [0.3, 0.4) is 0 Å². The predicted octanol–water partition coefficient (Wildman–Crippen LogP) is -0.826. The van der Waals surface area contributed by atoms with E-state index in [1.165, 1.54) is 14.0 Å². The lowest BCUT2D eigenvalue weighted by molar-refractivity contribution is -0.261. The lowest BCUT2D eigenvalue weighted by atomic mass is 9.94. The molecule has 8 nitrogen and oxygen atoms in total. The van der Waals surface area contributed by atoms with E-state index < -0.39 is 47.9 Å². The third kappa shape index (κ3) is 4.64. The lowest BCUT2D eigenvalue weighted by Gasteiger charge is -2.42. The Morgan fingerprint density at radius 1 is 1.27 bits per heavy atom.